The van der Waals surface area contributed by atoms with E-state index in [1.54, 1.807) is 17.8 Å². The predicted octanol–water partition coefficient (Wildman–Crippen LogP) is 3.86. The molecule has 0 aliphatic rings. The van der Waals surface area contributed by atoms with E-state index < -0.39 is 0 Å². The summed E-state index contributed by atoms with van der Waals surface area (Å²) in [6, 6.07) is 7.73. The maximum atomic E-state index is 11.4. The molecule has 0 spiro atoms. The minimum absolute atomic E-state index is 0.0395. The van der Waals surface area contributed by atoms with Gasteiger partial charge in [-0.05, 0) is 29.0 Å². The normalized spacial score (nSPS) is 11.1. The monoisotopic (exact) mass is 283 g/mol. The second-order valence-electron chi connectivity index (χ2n) is 4.38. The summed E-state index contributed by atoms with van der Waals surface area (Å²) in [6.45, 7) is 4.85. The number of carbonyl (C=O) groups excluding carboxylic acids is 1. The van der Waals surface area contributed by atoms with Gasteiger partial charge < -0.3 is 5.32 Å². The molecule has 0 saturated carbocycles. The Morgan fingerprint density at radius 1 is 1.50 bits per heavy atom. The molecule has 18 heavy (non-hydrogen) atoms. The smallest absolute Gasteiger partial charge is 0.244 e. The Kier molecular flexibility index (Phi) is 6.91. The molecule has 0 unspecified atom stereocenters. The average Bonchev–Trinajstić information content (AvgIpc) is 2.32. The van der Waals surface area contributed by atoms with E-state index >= 15 is 0 Å². The lowest BCUT2D eigenvalue weighted by Crippen LogP contribution is -2.25. The molecular weight excluding hydrogens is 266 g/mol. The molecule has 0 aromatic heterocycles. The fourth-order valence-electron chi connectivity index (χ4n) is 1.24. The summed E-state index contributed by atoms with van der Waals surface area (Å²) in [4.78, 5) is 11.4. The third-order valence-electron chi connectivity index (χ3n) is 2.14. The second kappa shape index (κ2) is 8.22. The lowest BCUT2D eigenvalue weighted by molar-refractivity contribution is -0.116. The molecule has 0 saturated heterocycles. The van der Waals surface area contributed by atoms with Crippen molar-refractivity contribution < 1.29 is 4.79 Å². The molecule has 0 radical (unpaired) electrons. The highest BCUT2D eigenvalue weighted by atomic mass is 35.5. The van der Waals surface area contributed by atoms with E-state index in [-0.39, 0.29) is 5.91 Å². The van der Waals surface area contributed by atoms with E-state index in [4.69, 9.17) is 11.6 Å². The highest BCUT2D eigenvalue weighted by Crippen LogP contribution is 2.17. The molecule has 1 rings (SSSR count). The van der Waals surface area contributed by atoms with Crippen LogP contribution in [0.4, 0.5) is 0 Å². The van der Waals surface area contributed by atoms with Crippen molar-refractivity contribution in [2.24, 2.45) is 5.92 Å². The van der Waals surface area contributed by atoms with Gasteiger partial charge in [0.05, 0.1) is 0 Å². The van der Waals surface area contributed by atoms with Crippen molar-refractivity contribution in [1.82, 2.24) is 5.32 Å². The van der Waals surface area contributed by atoms with Crippen LogP contribution in [0.2, 0.25) is 5.02 Å². The Morgan fingerprint density at radius 3 is 2.94 bits per heavy atom. The van der Waals surface area contributed by atoms with Gasteiger partial charge in [-0.2, -0.15) is 0 Å². The largest absolute Gasteiger partial charge is 0.352 e. The third kappa shape index (κ3) is 6.72. The lowest BCUT2D eigenvalue weighted by Gasteiger charge is -2.04. The lowest BCUT2D eigenvalue weighted by atomic mass is 10.2. The third-order valence-corrected chi connectivity index (χ3v) is 3.20. The van der Waals surface area contributed by atoms with Gasteiger partial charge in [-0.25, -0.2) is 0 Å². The number of hydrogen-bond acceptors (Lipinski definition) is 2. The highest BCUT2D eigenvalue weighted by Gasteiger charge is 1.97. The molecule has 4 heteroatoms. The average molecular weight is 284 g/mol. The molecular formula is C14H18ClNOS. The molecule has 98 valence electrons. The van der Waals surface area contributed by atoms with Crippen LogP contribution in [0.25, 0.3) is 0 Å². The van der Waals surface area contributed by atoms with Gasteiger partial charge in [0, 0.05) is 23.4 Å². The Bertz CT molecular complexity index is 418. The first-order valence-electron chi connectivity index (χ1n) is 5.88. The van der Waals surface area contributed by atoms with Crippen LogP contribution in [0.5, 0.6) is 0 Å². The minimum atomic E-state index is -0.0395. The summed E-state index contributed by atoms with van der Waals surface area (Å²) < 4.78 is 0. The standard InChI is InChI=1S/C14H18ClNOS/c1-11(2)9-16-14(17)6-7-18-10-12-4-3-5-13(15)8-12/h3-8,11H,9-10H2,1-2H3,(H,16,17)/b7-6-. The van der Waals surface area contributed by atoms with Gasteiger partial charge >= 0.3 is 0 Å². The van der Waals surface area contributed by atoms with Crippen molar-refractivity contribution >= 4 is 29.3 Å². The fourth-order valence-corrected chi connectivity index (χ4v) is 2.15. The van der Waals surface area contributed by atoms with Crippen LogP contribution in [0.15, 0.2) is 35.7 Å². The van der Waals surface area contributed by atoms with Crippen LogP contribution >= 0.6 is 23.4 Å². The van der Waals surface area contributed by atoms with Gasteiger partial charge in [0.1, 0.15) is 0 Å². The van der Waals surface area contributed by atoms with Gasteiger partial charge in [0.25, 0.3) is 0 Å². The van der Waals surface area contributed by atoms with Gasteiger partial charge in [-0.3, -0.25) is 4.79 Å². The molecule has 0 fully saturated rings. The number of rotatable bonds is 6. The van der Waals surface area contributed by atoms with Crippen molar-refractivity contribution in [2.45, 2.75) is 19.6 Å². The number of benzene rings is 1. The zero-order chi connectivity index (χ0) is 13.4. The number of hydrogen-bond donors (Lipinski definition) is 1. The molecule has 0 aliphatic carbocycles. The quantitative estimate of drug-likeness (QED) is 0.803. The number of amides is 1. The van der Waals surface area contributed by atoms with E-state index in [0.29, 0.717) is 12.5 Å². The van der Waals surface area contributed by atoms with Crippen molar-refractivity contribution in [2.75, 3.05) is 6.54 Å². The summed E-state index contributed by atoms with van der Waals surface area (Å²) in [5, 5.41) is 5.39. The number of carbonyl (C=O) groups is 1. The predicted molar refractivity (Wildman–Crippen MR) is 79.7 cm³/mol. The molecule has 0 atom stereocenters. The van der Waals surface area contributed by atoms with Gasteiger partial charge in [-0.1, -0.05) is 37.6 Å². The molecule has 1 aromatic carbocycles. The minimum Gasteiger partial charge on any atom is -0.352 e. The zero-order valence-electron chi connectivity index (χ0n) is 10.7. The summed E-state index contributed by atoms with van der Waals surface area (Å²) in [7, 11) is 0. The van der Waals surface area contributed by atoms with Crippen molar-refractivity contribution in [1.29, 1.82) is 0 Å². The van der Waals surface area contributed by atoms with Gasteiger partial charge in [0.15, 0.2) is 0 Å². The van der Waals surface area contributed by atoms with Crippen molar-refractivity contribution in [3.63, 3.8) is 0 Å². The second-order valence-corrected chi connectivity index (χ2v) is 5.71. The number of nitrogens with one attached hydrogen (secondary N) is 1. The molecule has 0 bridgehead atoms. The molecule has 2 nitrogen and oxygen atoms in total. The van der Waals surface area contributed by atoms with E-state index in [0.717, 1.165) is 16.3 Å². The molecule has 1 N–H and O–H groups in total. The molecule has 0 aliphatic heterocycles. The van der Waals surface area contributed by atoms with Crippen LogP contribution < -0.4 is 5.32 Å². The summed E-state index contributed by atoms with van der Waals surface area (Å²) in [6.07, 6.45) is 1.57. The van der Waals surface area contributed by atoms with E-state index in [2.05, 4.69) is 19.2 Å². The topological polar surface area (TPSA) is 29.1 Å². The van der Waals surface area contributed by atoms with Crippen LogP contribution in [-0.2, 0) is 10.5 Å². The van der Waals surface area contributed by atoms with E-state index in [9.17, 15) is 4.79 Å². The summed E-state index contributed by atoms with van der Waals surface area (Å²) in [5.74, 6) is 1.25. The Labute approximate surface area is 118 Å². The van der Waals surface area contributed by atoms with Crippen molar-refractivity contribution in [3.05, 3.63) is 46.3 Å². The molecule has 0 heterocycles. The van der Waals surface area contributed by atoms with Gasteiger partial charge in [0.2, 0.25) is 5.91 Å². The first-order valence-corrected chi connectivity index (χ1v) is 7.31. The van der Waals surface area contributed by atoms with Crippen LogP contribution in [0.3, 0.4) is 0 Å². The number of halogens is 1. The van der Waals surface area contributed by atoms with Crippen molar-refractivity contribution in [3.8, 4) is 0 Å². The first kappa shape index (κ1) is 15.1. The van der Waals surface area contributed by atoms with E-state index in [1.165, 1.54) is 0 Å². The maximum absolute atomic E-state index is 11.4. The maximum Gasteiger partial charge on any atom is 0.244 e. The Hall–Kier alpha value is -0.930. The summed E-state index contributed by atoms with van der Waals surface area (Å²) in [5.41, 5.74) is 1.15. The van der Waals surface area contributed by atoms with Crippen LogP contribution in [0, 0.1) is 5.92 Å². The number of thioether (sulfide) groups is 1. The Balaban J connectivity index is 2.26. The Morgan fingerprint density at radius 2 is 2.28 bits per heavy atom. The summed E-state index contributed by atoms with van der Waals surface area (Å²) >= 11 is 7.47. The highest BCUT2D eigenvalue weighted by molar-refractivity contribution is 8.01. The molecule has 1 amide bonds. The van der Waals surface area contributed by atoms with Crippen LogP contribution in [0.1, 0.15) is 19.4 Å². The zero-order valence-corrected chi connectivity index (χ0v) is 12.2. The SMILES string of the molecule is CC(C)CNC(=O)/C=C\SCc1cccc(Cl)c1. The van der Waals surface area contributed by atoms with Crippen LogP contribution in [-0.4, -0.2) is 12.5 Å². The van der Waals surface area contributed by atoms with E-state index in [1.807, 2.05) is 29.7 Å². The van der Waals surface area contributed by atoms with Gasteiger partial charge in [-0.15, -0.1) is 11.8 Å². The fraction of sp³-hybridized carbons (Fsp3) is 0.357. The molecule has 1 aromatic rings. The first-order chi connectivity index (χ1) is 8.58.